The Morgan fingerprint density at radius 2 is 1.62 bits per heavy atom. The van der Waals surface area contributed by atoms with Gasteiger partial charge in [-0.3, -0.25) is 4.79 Å². The second-order valence-electron chi connectivity index (χ2n) is 7.78. The quantitative estimate of drug-likeness (QED) is 0.622. The molecule has 4 rings (SSSR count). The summed E-state index contributed by atoms with van der Waals surface area (Å²) >= 11 is 5.98. The fourth-order valence-corrected chi connectivity index (χ4v) is 3.60. The molecule has 26 heavy (non-hydrogen) atoms. The maximum atomic E-state index is 12.6. The van der Waals surface area contributed by atoms with Gasteiger partial charge in [0.05, 0.1) is 17.3 Å². The number of halogens is 1. The highest BCUT2D eigenvalue weighted by Crippen LogP contribution is 2.37. The van der Waals surface area contributed by atoms with Gasteiger partial charge >= 0.3 is 0 Å². The molecule has 1 unspecified atom stereocenters. The lowest BCUT2D eigenvalue weighted by atomic mass is 9.86. The van der Waals surface area contributed by atoms with Crippen LogP contribution in [-0.2, 0) is 5.41 Å². The number of aromatic amines is 1. The first-order chi connectivity index (χ1) is 12.3. The summed E-state index contributed by atoms with van der Waals surface area (Å²) in [7, 11) is 0. The van der Waals surface area contributed by atoms with Crippen LogP contribution in [0.15, 0.2) is 54.7 Å². The van der Waals surface area contributed by atoms with Crippen molar-refractivity contribution in [2.45, 2.75) is 32.2 Å². The van der Waals surface area contributed by atoms with Gasteiger partial charge in [0.25, 0.3) is 5.91 Å². The smallest absolute Gasteiger partial charge is 0.254 e. The van der Waals surface area contributed by atoms with E-state index in [2.05, 4.69) is 55.3 Å². The zero-order chi connectivity index (χ0) is 18.5. The summed E-state index contributed by atoms with van der Waals surface area (Å²) < 4.78 is 0. The van der Waals surface area contributed by atoms with E-state index in [-0.39, 0.29) is 17.4 Å². The summed E-state index contributed by atoms with van der Waals surface area (Å²) in [6, 6.07) is 15.9. The van der Waals surface area contributed by atoms with Gasteiger partial charge in [-0.25, -0.2) is 0 Å². The van der Waals surface area contributed by atoms with Crippen molar-refractivity contribution in [2.75, 3.05) is 0 Å². The average Bonchev–Trinajstić information content (AvgIpc) is 3.17. The zero-order valence-corrected chi connectivity index (χ0v) is 15.8. The van der Waals surface area contributed by atoms with Crippen molar-refractivity contribution in [1.82, 2.24) is 10.3 Å². The average molecular weight is 365 g/mol. The molecule has 4 heteroatoms. The number of carbonyl (C=O) groups excluding carboxylic acids is 1. The molecule has 2 N–H and O–H groups in total. The molecule has 1 aromatic heterocycles. The molecule has 1 aliphatic rings. The lowest BCUT2D eigenvalue weighted by Gasteiger charge is -2.20. The molecule has 0 aliphatic carbocycles. The Labute approximate surface area is 158 Å². The molecule has 132 valence electrons. The van der Waals surface area contributed by atoms with Gasteiger partial charge in [-0.2, -0.15) is 0 Å². The Balaban J connectivity index is 1.72. The predicted octanol–water partition coefficient (Wildman–Crippen LogP) is 5.47. The molecule has 3 aromatic rings. The Hall–Kier alpha value is -2.52. The van der Waals surface area contributed by atoms with E-state index in [1.165, 1.54) is 5.56 Å². The van der Waals surface area contributed by atoms with Gasteiger partial charge in [0.1, 0.15) is 0 Å². The van der Waals surface area contributed by atoms with Gasteiger partial charge in [0, 0.05) is 16.8 Å². The fraction of sp³-hybridized carbons (Fsp3) is 0.227. The lowest BCUT2D eigenvalue weighted by Crippen LogP contribution is -2.21. The SMILES string of the molecule is CC(C)(C)c1ccc(C2NC(=O)c3c2c[nH]c3-c2ccc(Cl)cc2)cc1. The van der Waals surface area contributed by atoms with Crippen LogP contribution in [0.5, 0.6) is 0 Å². The van der Waals surface area contributed by atoms with Gasteiger partial charge in [-0.05, 0) is 34.2 Å². The summed E-state index contributed by atoms with van der Waals surface area (Å²) in [5, 5.41) is 3.79. The molecule has 2 heterocycles. The van der Waals surface area contributed by atoms with E-state index >= 15 is 0 Å². The van der Waals surface area contributed by atoms with Crippen LogP contribution < -0.4 is 5.32 Å². The van der Waals surface area contributed by atoms with E-state index in [0.717, 1.165) is 27.9 Å². The van der Waals surface area contributed by atoms with Crippen LogP contribution >= 0.6 is 11.6 Å². The highest BCUT2D eigenvalue weighted by Gasteiger charge is 2.34. The molecule has 2 aromatic carbocycles. The number of nitrogens with one attached hydrogen (secondary N) is 2. The van der Waals surface area contributed by atoms with Crippen molar-refractivity contribution in [1.29, 1.82) is 0 Å². The van der Waals surface area contributed by atoms with Crippen LogP contribution in [0.2, 0.25) is 5.02 Å². The number of carbonyl (C=O) groups is 1. The van der Waals surface area contributed by atoms with Crippen molar-refractivity contribution in [3.05, 3.63) is 82.0 Å². The van der Waals surface area contributed by atoms with Crippen molar-refractivity contribution in [3.8, 4) is 11.3 Å². The van der Waals surface area contributed by atoms with E-state index in [1.807, 2.05) is 30.5 Å². The third-order valence-electron chi connectivity index (χ3n) is 4.97. The largest absolute Gasteiger partial charge is 0.360 e. The molecular weight excluding hydrogens is 344 g/mol. The molecule has 0 saturated carbocycles. The number of benzene rings is 2. The minimum Gasteiger partial charge on any atom is -0.360 e. The van der Waals surface area contributed by atoms with E-state index in [4.69, 9.17) is 11.6 Å². The molecule has 1 amide bonds. The number of aromatic nitrogens is 1. The van der Waals surface area contributed by atoms with Crippen LogP contribution in [0.1, 0.15) is 53.9 Å². The van der Waals surface area contributed by atoms with Gasteiger partial charge in [0.2, 0.25) is 0 Å². The number of amides is 1. The molecule has 0 saturated heterocycles. The summed E-state index contributed by atoms with van der Waals surface area (Å²) in [5.41, 5.74) is 5.98. The second kappa shape index (κ2) is 6.03. The number of fused-ring (bicyclic) bond motifs is 1. The first kappa shape index (κ1) is 16.9. The summed E-state index contributed by atoms with van der Waals surface area (Å²) in [5.74, 6) is -0.0453. The van der Waals surface area contributed by atoms with Gasteiger partial charge < -0.3 is 10.3 Å². The molecular formula is C22H21ClN2O. The first-order valence-corrected chi connectivity index (χ1v) is 9.11. The van der Waals surface area contributed by atoms with Crippen molar-refractivity contribution in [2.24, 2.45) is 0 Å². The first-order valence-electron chi connectivity index (χ1n) is 8.73. The van der Waals surface area contributed by atoms with Gasteiger partial charge in [-0.1, -0.05) is 68.8 Å². The topological polar surface area (TPSA) is 44.9 Å². The summed E-state index contributed by atoms with van der Waals surface area (Å²) in [6.45, 7) is 6.59. The fourth-order valence-electron chi connectivity index (χ4n) is 3.47. The molecule has 1 atom stereocenters. The summed E-state index contributed by atoms with van der Waals surface area (Å²) in [4.78, 5) is 15.9. The second-order valence-corrected chi connectivity index (χ2v) is 8.22. The Bertz CT molecular complexity index is 963. The highest BCUT2D eigenvalue weighted by molar-refractivity contribution is 6.30. The predicted molar refractivity (Wildman–Crippen MR) is 106 cm³/mol. The maximum absolute atomic E-state index is 12.6. The number of hydrogen-bond acceptors (Lipinski definition) is 1. The van der Waals surface area contributed by atoms with Crippen LogP contribution in [0.3, 0.4) is 0 Å². The van der Waals surface area contributed by atoms with Crippen LogP contribution in [0, 0.1) is 0 Å². The van der Waals surface area contributed by atoms with Crippen LogP contribution in [0.4, 0.5) is 0 Å². The third kappa shape index (κ3) is 2.82. The van der Waals surface area contributed by atoms with Crippen molar-refractivity contribution >= 4 is 17.5 Å². The summed E-state index contributed by atoms with van der Waals surface area (Å²) in [6.07, 6.45) is 1.93. The van der Waals surface area contributed by atoms with Crippen molar-refractivity contribution in [3.63, 3.8) is 0 Å². The standard InChI is InChI=1S/C22H21ClN2O/c1-22(2,3)15-8-4-13(5-9-15)19-17-12-24-20(18(17)21(26)25-19)14-6-10-16(23)11-7-14/h4-12,19,24H,1-3H3,(H,25,26). The minimum atomic E-state index is -0.121. The highest BCUT2D eigenvalue weighted by atomic mass is 35.5. The van der Waals surface area contributed by atoms with E-state index in [1.54, 1.807) is 0 Å². The van der Waals surface area contributed by atoms with E-state index in [0.29, 0.717) is 5.02 Å². The lowest BCUT2D eigenvalue weighted by molar-refractivity contribution is 0.0961. The molecule has 0 bridgehead atoms. The van der Waals surface area contributed by atoms with Crippen molar-refractivity contribution < 1.29 is 4.79 Å². The van der Waals surface area contributed by atoms with E-state index < -0.39 is 0 Å². The third-order valence-corrected chi connectivity index (χ3v) is 5.22. The molecule has 1 aliphatic heterocycles. The number of H-pyrrole nitrogens is 1. The normalized spacial score (nSPS) is 16.5. The Kier molecular flexibility index (Phi) is 3.92. The van der Waals surface area contributed by atoms with E-state index in [9.17, 15) is 4.79 Å². The number of rotatable bonds is 2. The Morgan fingerprint density at radius 1 is 0.962 bits per heavy atom. The van der Waals surface area contributed by atoms with Crippen LogP contribution in [0.25, 0.3) is 11.3 Å². The van der Waals surface area contributed by atoms with Gasteiger partial charge in [-0.15, -0.1) is 0 Å². The molecule has 0 fully saturated rings. The zero-order valence-electron chi connectivity index (χ0n) is 15.1. The maximum Gasteiger partial charge on any atom is 0.254 e. The molecule has 3 nitrogen and oxygen atoms in total. The van der Waals surface area contributed by atoms with Gasteiger partial charge in [0.15, 0.2) is 0 Å². The Morgan fingerprint density at radius 3 is 2.23 bits per heavy atom. The monoisotopic (exact) mass is 364 g/mol. The molecule has 0 spiro atoms. The van der Waals surface area contributed by atoms with Crippen LogP contribution in [-0.4, -0.2) is 10.9 Å². The molecule has 0 radical (unpaired) electrons. The minimum absolute atomic E-state index is 0.0453. The number of hydrogen-bond donors (Lipinski definition) is 2.